The summed E-state index contributed by atoms with van der Waals surface area (Å²) >= 11 is 0. The van der Waals surface area contributed by atoms with Gasteiger partial charge in [-0.05, 0) is 36.2 Å². The van der Waals surface area contributed by atoms with Gasteiger partial charge in [0.2, 0.25) is 10.0 Å². The first-order chi connectivity index (χ1) is 14.6. The van der Waals surface area contributed by atoms with Crippen molar-refractivity contribution in [3.63, 3.8) is 0 Å². The molecule has 8 nitrogen and oxygen atoms in total. The number of nitrogens with one attached hydrogen (secondary N) is 2. The molecule has 0 spiro atoms. The number of hydrogen-bond donors (Lipinski definition) is 2. The van der Waals surface area contributed by atoms with E-state index in [0.29, 0.717) is 23.7 Å². The number of sulfonamides is 1. The van der Waals surface area contributed by atoms with Crippen LogP contribution in [0.4, 0.5) is 5.82 Å². The molecule has 0 amide bonds. The van der Waals surface area contributed by atoms with Crippen molar-refractivity contribution in [3.8, 4) is 0 Å². The van der Waals surface area contributed by atoms with E-state index in [-0.39, 0.29) is 11.4 Å². The van der Waals surface area contributed by atoms with Gasteiger partial charge in [-0.2, -0.15) is 4.52 Å². The quantitative estimate of drug-likeness (QED) is 0.429. The number of fused-ring (bicyclic) bond motifs is 1. The van der Waals surface area contributed by atoms with E-state index in [1.165, 1.54) is 5.56 Å². The molecule has 0 aliphatic carbocycles. The fourth-order valence-corrected chi connectivity index (χ4v) is 4.10. The Kier molecular flexibility index (Phi) is 6.01. The number of nitrogens with zero attached hydrogens (tertiary/aromatic N) is 4. The Labute approximate surface area is 175 Å². The van der Waals surface area contributed by atoms with Crippen LogP contribution in [0, 0.1) is 0 Å². The molecular weight excluding hydrogens is 400 g/mol. The summed E-state index contributed by atoms with van der Waals surface area (Å²) in [6, 6.07) is 22.2. The van der Waals surface area contributed by atoms with E-state index >= 15 is 0 Å². The predicted molar refractivity (Wildman–Crippen MR) is 115 cm³/mol. The van der Waals surface area contributed by atoms with E-state index in [1.54, 1.807) is 34.8 Å². The largest absolute Gasteiger partial charge is 0.368 e. The molecule has 0 fully saturated rings. The number of anilines is 1. The fraction of sp³-hybridized carbons (Fsp3) is 0.190. The normalized spacial score (nSPS) is 11.6. The topological polar surface area (TPSA) is 101 Å². The number of aromatic nitrogens is 4. The molecule has 0 saturated heterocycles. The smallest absolute Gasteiger partial charge is 0.240 e. The summed E-state index contributed by atoms with van der Waals surface area (Å²) in [5.74, 6) is 1.30. The van der Waals surface area contributed by atoms with Crippen LogP contribution in [0.5, 0.6) is 0 Å². The van der Waals surface area contributed by atoms with Gasteiger partial charge in [0, 0.05) is 19.5 Å². The Balaban J connectivity index is 1.38. The highest BCUT2D eigenvalue weighted by molar-refractivity contribution is 7.89. The number of benzene rings is 2. The van der Waals surface area contributed by atoms with Crippen LogP contribution in [0.25, 0.3) is 5.65 Å². The molecule has 154 valence electrons. The van der Waals surface area contributed by atoms with Crippen LogP contribution >= 0.6 is 0 Å². The minimum atomic E-state index is -3.55. The molecule has 4 aromatic rings. The highest BCUT2D eigenvalue weighted by atomic mass is 32.2. The molecule has 0 aliphatic rings. The zero-order valence-electron chi connectivity index (χ0n) is 16.3. The van der Waals surface area contributed by atoms with Crippen molar-refractivity contribution >= 4 is 21.5 Å². The predicted octanol–water partition coefficient (Wildman–Crippen LogP) is 2.30. The average molecular weight is 423 g/mol. The summed E-state index contributed by atoms with van der Waals surface area (Å²) in [6.45, 7) is 0.947. The minimum absolute atomic E-state index is 0.200. The molecular formula is C21H22N6O2S. The summed E-state index contributed by atoms with van der Waals surface area (Å²) in [5.41, 5.74) is 1.87. The van der Waals surface area contributed by atoms with Gasteiger partial charge in [0.05, 0.1) is 4.90 Å². The molecule has 0 unspecified atom stereocenters. The van der Waals surface area contributed by atoms with Crippen molar-refractivity contribution in [1.29, 1.82) is 0 Å². The van der Waals surface area contributed by atoms with E-state index in [4.69, 9.17) is 0 Å². The van der Waals surface area contributed by atoms with Gasteiger partial charge in [-0.15, -0.1) is 15.3 Å². The van der Waals surface area contributed by atoms with Crippen molar-refractivity contribution in [3.05, 3.63) is 84.2 Å². The standard InChI is InChI=1S/C21H22N6O2S/c28-30(29,18-9-5-2-6-10-18)23-16-14-21-25-24-20-12-11-19(26-27(20)21)22-15-13-17-7-3-1-4-8-17/h1-12,23H,13-16H2,(H,22,26). The molecule has 0 radical (unpaired) electrons. The van der Waals surface area contributed by atoms with Gasteiger partial charge in [-0.1, -0.05) is 48.5 Å². The lowest BCUT2D eigenvalue weighted by molar-refractivity contribution is 0.580. The zero-order chi connectivity index (χ0) is 20.8. The van der Waals surface area contributed by atoms with Gasteiger partial charge in [0.1, 0.15) is 5.82 Å². The lowest BCUT2D eigenvalue weighted by Gasteiger charge is -2.07. The number of hydrogen-bond acceptors (Lipinski definition) is 6. The Morgan fingerprint density at radius 2 is 1.53 bits per heavy atom. The van der Waals surface area contributed by atoms with Crippen LogP contribution in [0.1, 0.15) is 11.4 Å². The van der Waals surface area contributed by atoms with Gasteiger partial charge >= 0.3 is 0 Å². The highest BCUT2D eigenvalue weighted by Crippen LogP contribution is 2.10. The molecule has 0 bridgehead atoms. The Morgan fingerprint density at radius 1 is 0.800 bits per heavy atom. The SMILES string of the molecule is O=S(=O)(NCCc1nnc2ccc(NCCc3ccccc3)nn12)c1ccccc1. The molecule has 0 saturated carbocycles. The summed E-state index contributed by atoms with van der Waals surface area (Å²) in [7, 11) is -3.55. The second-order valence-electron chi connectivity index (χ2n) is 6.73. The summed E-state index contributed by atoms with van der Waals surface area (Å²) in [4.78, 5) is 0.235. The Morgan fingerprint density at radius 3 is 2.30 bits per heavy atom. The second kappa shape index (κ2) is 9.02. The van der Waals surface area contributed by atoms with E-state index < -0.39 is 10.0 Å². The van der Waals surface area contributed by atoms with Crippen LogP contribution < -0.4 is 10.0 Å². The lowest BCUT2D eigenvalue weighted by Crippen LogP contribution is -2.26. The van der Waals surface area contributed by atoms with Gasteiger partial charge in [0.15, 0.2) is 11.5 Å². The third kappa shape index (κ3) is 4.81. The first-order valence-electron chi connectivity index (χ1n) is 9.66. The van der Waals surface area contributed by atoms with Gasteiger partial charge in [-0.25, -0.2) is 13.1 Å². The average Bonchev–Trinajstić information content (AvgIpc) is 3.17. The molecule has 2 N–H and O–H groups in total. The molecule has 2 aromatic carbocycles. The van der Waals surface area contributed by atoms with E-state index in [2.05, 4.69) is 37.5 Å². The van der Waals surface area contributed by atoms with Crippen molar-refractivity contribution in [1.82, 2.24) is 24.5 Å². The third-order valence-electron chi connectivity index (χ3n) is 4.58. The van der Waals surface area contributed by atoms with E-state index in [1.807, 2.05) is 30.3 Å². The summed E-state index contributed by atoms with van der Waals surface area (Å²) in [5, 5.41) is 16.1. The first kappa shape index (κ1) is 20.0. The van der Waals surface area contributed by atoms with Crippen molar-refractivity contribution in [2.24, 2.45) is 0 Å². The van der Waals surface area contributed by atoms with Gasteiger partial charge in [-0.3, -0.25) is 0 Å². The van der Waals surface area contributed by atoms with E-state index in [0.717, 1.165) is 13.0 Å². The van der Waals surface area contributed by atoms with Crippen LogP contribution in [-0.4, -0.2) is 41.3 Å². The molecule has 0 aliphatic heterocycles. The molecule has 0 atom stereocenters. The number of rotatable bonds is 9. The maximum Gasteiger partial charge on any atom is 0.240 e. The molecule has 30 heavy (non-hydrogen) atoms. The second-order valence-corrected chi connectivity index (χ2v) is 8.49. The van der Waals surface area contributed by atoms with Crippen LogP contribution in [0.2, 0.25) is 0 Å². The molecule has 4 rings (SSSR count). The maximum absolute atomic E-state index is 12.3. The van der Waals surface area contributed by atoms with E-state index in [9.17, 15) is 8.42 Å². The fourth-order valence-electron chi connectivity index (χ4n) is 3.04. The third-order valence-corrected chi connectivity index (χ3v) is 6.06. The monoisotopic (exact) mass is 422 g/mol. The van der Waals surface area contributed by atoms with Crippen molar-refractivity contribution in [2.45, 2.75) is 17.7 Å². The van der Waals surface area contributed by atoms with Crippen LogP contribution in [0.15, 0.2) is 77.7 Å². The lowest BCUT2D eigenvalue weighted by atomic mass is 10.1. The Bertz CT molecular complexity index is 1210. The minimum Gasteiger partial charge on any atom is -0.368 e. The Hall–Kier alpha value is -3.30. The maximum atomic E-state index is 12.3. The zero-order valence-corrected chi connectivity index (χ0v) is 17.1. The molecule has 2 heterocycles. The molecule has 2 aromatic heterocycles. The summed E-state index contributed by atoms with van der Waals surface area (Å²) in [6.07, 6.45) is 1.25. The van der Waals surface area contributed by atoms with Gasteiger partial charge < -0.3 is 5.32 Å². The molecule has 9 heteroatoms. The highest BCUT2D eigenvalue weighted by Gasteiger charge is 2.14. The van der Waals surface area contributed by atoms with Gasteiger partial charge in [0.25, 0.3) is 0 Å². The van der Waals surface area contributed by atoms with Crippen LogP contribution in [0.3, 0.4) is 0 Å². The van der Waals surface area contributed by atoms with Crippen molar-refractivity contribution < 1.29 is 8.42 Å². The first-order valence-corrected chi connectivity index (χ1v) is 11.1. The van der Waals surface area contributed by atoms with Crippen molar-refractivity contribution in [2.75, 3.05) is 18.4 Å². The van der Waals surface area contributed by atoms with Crippen LogP contribution in [-0.2, 0) is 22.9 Å². The summed E-state index contributed by atoms with van der Waals surface area (Å²) < 4.78 is 28.9.